The molecule has 2 saturated carbocycles. The minimum Gasteiger partial charge on any atom is -0.356 e. The van der Waals surface area contributed by atoms with Gasteiger partial charge in [0.05, 0.1) is 0 Å². The Balaban J connectivity index is 1.71. The molecule has 98 valence electrons. The molecule has 0 aromatic carbocycles. The zero-order valence-electron chi connectivity index (χ0n) is 11.2. The van der Waals surface area contributed by atoms with Crippen LogP contribution in [0.4, 0.5) is 0 Å². The maximum atomic E-state index is 11.9. The van der Waals surface area contributed by atoms with Crippen LogP contribution in [0, 0.1) is 17.3 Å². The van der Waals surface area contributed by atoms with Gasteiger partial charge in [-0.3, -0.25) is 4.79 Å². The number of nitrogens with two attached hydrogens (primary N) is 1. The first-order valence-corrected chi connectivity index (χ1v) is 7.06. The van der Waals surface area contributed by atoms with Gasteiger partial charge in [-0.15, -0.1) is 0 Å². The van der Waals surface area contributed by atoms with Crippen LogP contribution in [0.5, 0.6) is 0 Å². The number of amides is 1. The lowest BCUT2D eigenvalue weighted by atomic mass is 9.92. The molecule has 17 heavy (non-hydrogen) atoms. The highest BCUT2D eigenvalue weighted by atomic mass is 16.1. The van der Waals surface area contributed by atoms with Crippen LogP contribution < -0.4 is 11.1 Å². The van der Waals surface area contributed by atoms with Gasteiger partial charge in [0.15, 0.2) is 0 Å². The van der Waals surface area contributed by atoms with Crippen molar-refractivity contribution in [2.24, 2.45) is 23.0 Å². The fourth-order valence-corrected chi connectivity index (χ4v) is 3.02. The number of carbonyl (C=O) groups is 1. The first-order valence-electron chi connectivity index (χ1n) is 7.06. The van der Waals surface area contributed by atoms with E-state index in [4.69, 9.17) is 5.73 Å². The average Bonchev–Trinajstić information content (AvgIpc) is 2.97. The van der Waals surface area contributed by atoms with Crippen LogP contribution in [-0.2, 0) is 4.79 Å². The van der Waals surface area contributed by atoms with Crippen LogP contribution in [0.2, 0.25) is 0 Å². The second-order valence-corrected chi connectivity index (χ2v) is 6.35. The number of rotatable bonds is 5. The quantitative estimate of drug-likeness (QED) is 0.770. The third kappa shape index (κ3) is 3.01. The van der Waals surface area contributed by atoms with Crippen LogP contribution in [0.25, 0.3) is 0 Å². The average molecular weight is 238 g/mol. The van der Waals surface area contributed by atoms with Crippen molar-refractivity contribution < 1.29 is 4.79 Å². The minimum absolute atomic E-state index is 0.208. The molecule has 3 N–H and O–H groups in total. The topological polar surface area (TPSA) is 55.1 Å². The summed E-state index contributed by atoms with van der Waals surface area (Å²) in [6, 6.07) is 0.251. The molecule has 0 bridgehead atoms. The molecule has 2 atom stereocenters. The number of hydrogen-bond acceptors (Lipinski definition) is 2. The van der Waals surface area contributed by atoms with Crippen molar-refractivity contribution in [2.45, 2.75) is 58.4 Å². The molecule has 3 nitrogen and oxygen atoms in total. The summed E-state index contributed by atoms with van der Waals surface area (Å²) in [4.78, 5) is 11.9. The van der Waals surface area contributed by atoms with Gasteiger partial charge in [0, 0.05) is 19.0 Å². The molecule has 0 radical (unpaired) electrons. The van der Waals surface area contributed by atoms with Crippen molar-refractivity contribution in [2.75, 3.05) is 6.54 Å². The molecule has 3 heteroatoms. The Morgan fingerprint density at radius 2 is 2.12 bits per heavy atom. The Bertz CT molecular complexity index is 284. The van der Waals surface area contributed by atoms with Gasteiger partial charge in [0.1, 0.15) is 0 Å². The highest BCUT2D eigenvalue weighted by Crippen LogP contribution is 2.51. The van der Waals surface area contributed by atoms with E-state index in [2.05, 4.69) is 19.2 Å². The Hall–Kier alpha value is -0.570. The van der Waals surface area contributed by atoms with Gasteiger partial charge in [-0.25, -0.2) is 0 Å². The molecule has 2 aliphatic carbocycles. The van der Waals surface area contributed by atoms with Crippen LogP contribution in [-0.4, -0.2) is 18.5 Å². The van der Waals surface area contributed by atoms with Crippen molar-refractivity contribution in [1.29, 1.82) is 0 Å². The molecule has 2 rings (SSSR count). The molecular formula is C14H26N2O. The van der Waals surface area contributed by atoms with E-state index in [0.717, 1.165) is 19.4 Å². The summed E-state index contributed by atoms with van der Waals surface area (Å²) >= 11 is 0. The Morgan fingerprint density at radius 3 is 2.59 bits per heavy atom. The Labute approximate surface area is 105 Å². The molecule has 0 heterocycles. The predicted octanol–water partition coefficient (Wildman–Crippen LogP) is 2.06. The van der Waals surface area contributed by atoms with Crippen molar-refractivity contribution in [3.8, 4) is 0 Å². The highest BCUT2D eigenvalue weighted by molar-refractivity contribution is 5.76. The lowest BCUT2D eigenvalue weighted by molar-refractivity contribution is -0.122. The van der Waals surface area contributed by atoms with Crippen LogP contribution in [0.15, 0.2) is 0 Å². The SMILES string of the molecule is CC(C)C1(CNC(=O)C[C@@H]2CCC[C@H]2N)CC1. The monoisotopic (exact) mass is 238 g/mol. The maximum absolute atomic E-state index is 11.9. The largest absolute Gasteiger partial charge is 0.356 e. The smallest absolute Gasteiger partial charge is 0.220 e. The summed E-state index contributed by atoms with van der Waals surface area (Å²) in [7, 11) is 0. The summed E-state index contributed by atoms with van der Waals surface area (Å²) in [5.74, 6) is 1.31. The molecule has 2 aliphatic rings. The first kappa shape index (κ1) is 12.9. The van der Waals surface area contributed by atoms with Crippen LogP contribution in [0.1, 0.15) is 52.4 Å². The Kier molecular flexibility index (Phi) is 3.76. The van der Waals surface area contributed by atoms with E-state index >= 15 is 0 Å². The lowest BCUT2D eigenvalue weighted by Crippen LogP contribution is -2.35. The number of nitrogens with one attached hydrogen (secondary N) is 1. The fraction of sp³-hybridized carbons (Fsp3) is 0.929. The lowest BCUT2D eigenvalue weighted by Gasteiger charge is -2.21. The van der Waals surface area contributed by atoms with E-state index in [1.54, 1.807) is 0 Å². The van der Waals surface area contributed by atoms with Gasteiger partial charge < -0.3 is 11.1 Å². The van der Waals surface area contributed by atoms with Crippen LogP contribution >= 0.6 is 0 Å². The summed E-state index contributed by atoms with van der Waals surface area (Å²) in [5, 5.41) is 3.12. The van der Waals surface area contributed by atoms with Crippen LogP contribution in [0.3, 0.4) is 0 Å². The first-order chi connectivity index (χ1) is 8.03. The standard InChI is InChI=1S/C14H26N2O/c1-10(2)14(6-7-14)9-16-13(17)8-11-4-3-5-12(11)15/h10-12H,3-9,15H2,1-2H3,(H,16,17)/t11-,12+/m0/s1. The second kappa shape index (κ2) is 4.97. The second-order valence-electron chi connectivity index (χ2n) is 6.35. The van der Waals surface area contributed by atoms with Gasteiger partial charge in [0.2, 0.25) is 5.91 Å². The van der Waals surface area contributed by atoms with E-state index in [-0.39, 0.29) is 11.9 Å². The third-order valence-electron chi connectivity index (χ3n) is 4.92. The zero-order chi connectivity index (χ0) is 12.5. The predicted molar refractivity (Wildman–Crippen MR) is 69.4 cm³/mol. The van der Waals surface area contributed by atoms with E-state index < -0.39 is 0 Å². The molecule has 0 unspecified atom stereocenters. The molecule has 2 fully saturated rings. The molecule has 0 aromatic rings. The molecular weight excluding hydrogens is 212 g/mol. The van der Waals surface area contributed by atoms with Crippen molar-refractivity contribution in [3.05, 3.63) is 0 Å². The van der Waals surface area contributed by atoms with Gasteiger partial charge in [-0.2, -0.15) is 0 Å². The summed E-state index contributed by atoms with van der Waals surface area (Å²) in [6.45, 7) is 5.38. The van der Waals surface area contributed by atoms with E-state index in [1.165, 1.54) is 19.3 Å². The summed E-state index contributed by atoms with van der Waals surface area (Å²) < 4.78 is 0. The van der Waals surface area contributed by atoms with E-state index in [1.807, 2.05) is 0 Å². The number of hydrogen-bond donors (Lipinski definition) is 2. The molecule has 0 aliphatic heterocycles. The number of carbonyl (C=O) groups excluding carboxylic acids is 1. The van der Waals surface area contributed by atoms with Gasteiger partial charge in [-0.05, 0) is 42.9 Å². The van der Waals surface area contributed by atoms with Gasteiger partial charge in [0.25, 0.3) is 0 Å². The van der Waals surface area contributed by atoms with Crippen molar-refractivity contribution in [1.82, 2.24) is 5.32 Å². The molecule has 0 saturated heterocycles. The summed E-state index contributed by atoms with van der Waals surface area (Å²) in [5.41, 5.74) is 6.40. The molecule has 0 spiro atoms. The third-order valence-corrected chi connectivity index (χ3v) is 4.92. The maximum Gasteiger partial charge on any atom is 0.220 e. The van der Waals surface area contributed by atoms with Crippen molar-refractivity contribution >= 4 is 5.91 Å². The van der Waals surface area contributed by atoms with Gasteiger partial charge >= 0.3 is 0 Å². The van der Waals surface area contributed by atoms with Gasteiger partial charge in [-0.1, -0.05) is 20.3 Å². The Morgan fingerprint density at radius 1 is 1.41 bits per heavy atom. The molecule has 0 aromatic heterocycles. The molecule has 1 amide bonds. The minimum atomic E-state index is 0.208. The van der Waals surface area contributed by atoms with E-state index in [0.29, 0.717) is 23.7 Å². The fourth-order valence-electron chi connectivity index (χ4n) is 3.02. The van der Waals surface area contributed by atoms with E-state index in [9.17, 15) is 4.79 Å². The zero-order valence-corrected chi connectivity index (χ0v) is 11.2. The highest BCUT2D eigenvalue weighted by Gasteiger charge is 2.45. The van der Waals surface area contributed by atoms with Crippen molar-refractivity contribution in [3.63, 3.8) is 0 Å². The normalized spacial score (nSPS) is 30.6. The summed E-state index contributed by atoms with van der Waals surface area (Å²) in [6.07, 6.45) is 6.59.